The van der Waals surface area contributed by atoms with Crippen molar-refractivity contribution >= 4 is 32.6 Å². The van der Waals surface area contributed by atoms with Crippen molar-refractivity contribution in [3.63, 3.8) is 0 Å². The molecule has 3 aliphatic rings. The summed E-state index contributed by atoms with van der Waals surface area (Å²) in [7, 11) is -2.97. The van der Waals surface area contributed by atoms with Crippen molar-refractivity contribution in [2.75, 3.05) is 29.5 Å². The molecule has 6 nitrogen and oxygen atoms in total. The topological polar surface area (TPSA) is 91.1 Å². The lowest BCUT2D eigenvalue weighted by Gasteiger charge is -2.32. The lowest BCUT2D eigenvalue weighted by molar-refractivity contribution is -0.126. The maximum absolute atomic E-state index is 14.4. The standard InChI is InChI=1S/C26H29F2N3O3S2/c27-15-23-30-24(20-6-3-18(28)13-21(20)22(32)14-26(16-29)7-8-26)25(35-23)17-1-4-19(5-2-17)31-9-11-36(33,34)12-10-31/h1-2,4-5,18,20-21H,3,6-15H2/t18-,20+,21+/m0/s1. The van der Waals surface area contributed by atoms with E-state index >= 15 is 0 Å². The summed E-state index contributed by atoms with van der Waals surface area (Å²) in [6.45, 7) is 0.173. The number of anilines is 1. The Labute approximate surface area is 214 Å². The SMILES string of the molecule is N#CC1(CC(=O)[C@@H]2C[C@@H](F)CC[C@H]2c2nc(CF)sc2-c2ccc(N3CCS(=O)(=O)CC3)cc2)CC1. The van der Waals surface area contributed by atoms with E-state index in [4.69, 9.17) is 0 Å². The lowest BCUT2D eigenvalue weighted by atomic mass is 9.72. The minimum Gasteiger partial charge on any atom is -0.369 e. The fourth-order valence-corrected chi connectivity index (χ4v) is 7.62. The van der Waals surface area contributed by atoms with Crippen LogP contribution in [0.15, 0.2) is 24.3 Å². The van der Waals surface area contributed by atoms with E-state index < -0.39 is 34.0 Å². The Bertz CT molecular complexity index is 1270. The molecular weight excluding hydrogens is 504 g/mol. The summed E-state index contributed by atoms with van der Waals surface area (Å²) in [5.74, 6) is -0.696. The number of hydrogen-bond acceptors (Lipinski definition) is 7. The highest BCUT2D eigenvalue weighted by atomic mass is 32.2. The summed E-state index contributed by atoms with van der Waals surface area (Å²) >= 11 is 1.26. The number of hydrogen-bond donors (Lipinski definition) is 0. The summed E-state index contributed by atoms with van der Waals surface area (Å²) in [6, 6.07) is 9.96. The van der Waals surface area contributed by atoms with Crippen LogP contribution in [0.3, 0.4) is 0 Å². The number of Topliss-reactive ketones (excluding diaryl/α,β-unsaturated/α-hetero) is 1. The van der Waals surface area contributed by atoms with E-state index in [1.807, 2.05) is 29.2 Å². The molecule has 0 N–H and O–H groups in total. The van der Waals surface area contributed by atoms with Gasteiger partial charge in [-0.3, -0.25) is 4.79 Å². The molecule has 0 bridgehead atoms. The monoisotopic (exact) mass is 533 g/mol. The first-order valence-corrected chi connectivity index (χ1v) is 15.1. The van der Waals surface area contributed by atoms with Crippen LogP contribution in [-0.2, 0) is 21.3 Å². The third-order valence-electron chi connectivity index (χ3n) is 7.81. The number of alkyl halides is 2. The van der Waals surface area contributed by atoms with E-state index in [9.17, 15) is 27.3 Å². The first-order valence-electron chi connectivity index (χ1n) is 12.4. The van der Waals surface area contributed by atoms with E-state index in [0.717, 1.165) is 16.1 Å². The van der Waals surface area contributed by atoms with E-state index in [1.54, 1.807) is 0 Å². The van der Waals surface area contributed by atoms with Crippen molar-refractivity contribution in [1.82, 2.24) is 4.98 Å². The number of carbonyl (C=O) groups excluding carboxylic acids is 1. The van der Waals surface area contributed by atoms with Gasteiger partial charge in [0, 0.05) is 37.0 Å². The van der Waals surface area contributed by atoms with Crippen molar-refractivity contribution in [3.8, 4) is 16.5 Å². The number of ketones is 1. The number of nitriles is 1. The van der Waals surface area contributed by atoms with Gasteiger partial charge >= 0.3 is 0 Å². The Morgan fingerprint density at radius 1 is 1.19 bits per heavy atom. The molecule has 1 aromatic carbocycles. The van der Waals surface area contributed by atoms with Crippen LogP contribution >= 0.6 is 11.3 Å². The highest BCUT2D eigenvalue weighted by Crippen LogP contribution is 2.51. The average Bonchev–Trinajstić information content (AvgIpc) is 3.51. The molecular formula is C26H29F2N3O3S2. The number of nitrogens with zero attached hydrogens (tertiary/aromatic N) is 3. The third-order valence-corrected chi connectivity index (χ3v) is 10.5. The van der Waals surface area contributed by atoms with E-state index in [0.29, 0.717) is 49.5 Å². The van der Waals surface area contributed by atoms with Crippen LogP contribution in [0, 0.1) is 22.7 Å². The number of benzene rings is 1. The predicted octanol–water partition coefficient (Wildman–Crippen LogP) is 5.00. The molecule has 2 aliphatic carbocycles. The Kier molecular flexibility index (Phi) is 6.90. The van der Waals surface area contributed by atoms with Crippen molar-refractivity contribution in [2.45, 2.75) is 57.3 Å². The zero-order valence-electron chi connectivity index (χ0n) is 20.0. The Morgan fingerprint density at radius 3 is 2.50 bits per heavy atom. The van der Waals surface area contributed by atoms with Gasteiger partial charge in [-0.1, -0.05) is 12.1 Å². The number of aromatic nitrogens is 1. The van der Waals surface area contributed by atoms with Crippen LogP contribution in [0.25, 0.3) is 10.4 Å². The Balaban J connectivity index is 1.42. The van der Waals surface area contributed by atoms with Gasteiger partial charge in [-0.2, -0.15) is 5.26 Å². The van der Waals surface area contributed by atoms with E-state index in [1.165, 1.54) is 11.3 Å². The van der Waals surface area contributed by atoms with Gasteiger partial charge in [-0.05, 0) is 49.8 Å². The van der Waals surface area contributed by atoms with Crippen molar-refractivity contribution < 1.29 is 22.0 Å². The van der Waals surface area contributed by atoms with Gasteiger partial charge in [-0.25, -0.2) is 22.2 Å². The van der Waals surface area contributed by atoms with Gasteiger partial charge in [-0.15, -0.1) is 11.3 Å². The highest BCUT2D eigenvalue weighted by molar-refractivity contribution is 7.91. The molecule has 1 aromatic heterocycles. The minimum atomic E-state index is -2.97. The van der Waals surface area contributed by atoms with Crippen molar-refractivity contribution in [1.29, 1.82) is 5.26 Å². The Morgan fingerprint density at radius 2 is 1.89 bits per heavy atom. The van der Waals surface area contributed by atoms with Crippen LogP contribution in [0.1, 0.15) is 55.1 Å². The maximum atomic E-state index is 14.4. The fraction of sp³-hybridized carbons (Fsp3) is 0.577. The second-order valence-corrected chi connectivity index (χ2v) is 13.7. The zero-order chi connectivity index (χ0) is 25.5. The zero-order valence-corrected chi connectivity index (χ0v) is 21.6. The van der Waals surface area contributed by atoms with Gasteiger partial charge in [0.15, 0.2) is 9.84 Å². The van der Waals surface area contributed by atoms with Crippen LogP contribution in [0.2, 0.25) is 0 Å². The first kappa shape index (κ1) is 25.3. The molecule has 2 aromatic rings. The quantitative estimate of drug-likeness (QED) is 0.498. The second kappa shape index (κ2) is 9.82. The van der Waals surface area contributed by atoms with Crippen LogP contribution in [-0.4, -0.2) is 50.0 Å². The summed E-state index contributed by atoms with van der Waals surface area (Å²) in [4.78, 5) is 20.7. The number of halogens is 2. The predicted molar refractivity (Wildman–Crippen MR) is 135 cm³/mol. The molecule has 0 spiro atoms. The van der Waals surface area contributed by atoms with Gasteiger partial charge < -0.3 is 4.90 Å². The van der Waals surface area contributed by atoms with Gasteiger partial charge in [0.1, 0.15) is 23.6 Å². The van der Waals surface area contributed by atoms with Gasteiger partial charge in [0.05, 0.1) is 33.6 Å². The molecule has 10 heteroatoms. The molecule has 2 heterocycles. The molecule has 192 valence electrons. The molecule has 36 heavy (non-hydrogen) atoms. The molecule has 3 fully saturated rings. The van der Waals surface area contributed by atoms with Crippen molar-refractivity contribution in [3.05, 3.63) is 35.0 Å². The molecule has 5 rings (SSSR count). The first-order chi connectivity index (χ1) is 17.2. The molecule has 1 aliphatic heterocycles. The lowest BCUT2D eigenvalue weighted by Crippen LogP contribution is -2.40. The molecule has 0 amide bonds. The van der Waals surface area contributed by atoms with Crippen LogP contribution in [0.4, 0.5) is 14.5 Å². The largest absolute Gasteiger partial charge is 0.369 e. The van der Waals surface area contributed by atoms with Crippen LogP contribution < -0.4 is 4.90 Å². The summed E-state index contributed by atoms with van der Waals surface area (Å²) < 4.78 is 51.6. The molecule has 0 unspecified atom stereocenters. The number of sulfone groups is 1. The normalized spacial score (nSPS) is 26.8. The molecule has 0 radical (unpaired) electrons. The maximum Gasteiger partial charge on any atom is 0.153 e. The Hall–Kier alpha value is -2.38. The van der Waals surface area contributed by atoms with E-state index in [2.05, 4.69) is 11.1 Å². The second-order valence-electron chi connectivity index (χ2n) is 10.3. The summed E-state index contributed by atoms with van der Waals surface area (Å²) in [6.07, 6.45) is 1.39. The van der Waals surface area contributed by atoms with Crippen molar-refractivity contribution in [2.24, 2.45) is 11.3 Å². The average molecular weight is 534 g/mol. The molecule has 2 saturated carbocycles. The number of carbonyl (C=O) groups is 1. The number of rotatable bonds is 7. The molecule has 3 atom stereocenters. The summed E-state index contributed by atoms with van der Waals surface area (Å²) in [5.41, 5.74) is 1.82. The highest BCUT2D eigenvalue weighted by Gasteiger charge is 2.48. The minimum absolute atomic E-state index is 0.0856. The number of thiazole rings is 1. The summed E-state index contributed by atoms with van der Waals surface area (Å²) in [5, 5.41) is 9.78. The molecule has 1 saturated heterocycles. The van der Waals surface area contributed by atoms with Crippen LogP contribution in [0.5, 0.6) is 0 Å². The van der Waals surface area contributed by atoms with Gasteiger partial charge in [0.2, 0.25) is 0 Å². The third kappa shape index (κ3) is 5.18. The van der Waals surface area contributed by atoms with Gasteiger partial charge in [0.25, 0.3) is 0 Å². The smallest absolute Gasteiger partial charge is 0.153 e. The fourth-order valence-electron chi connectivity index (χ4n) is 5.43. The van der Waals surface area contributed by atoms with E-state index in [-0.39, 0.29) is 36.0 Å².